The number of rotatable bonds is 5. The maximum absolute atomic E-state index is 11.2. The Morgan fingerprint density at radius 1 is 1.36 bits per heavy atom. The summed E-state index contributed by atoms with van der Waals surface area (Å²) < 4.78 is 24.2. The van der Waals surface area contributed by atoms with Gasteiger partial charge in [-0.15, -0.1) is 0 Å². The molecule has 0 heterocycles. The van der Waals surface area contributed by atoms with Crippen LogP contribution in [0.2, 0.25) is 0 Å². The van der Waals surface area contributed by atoms with Crippen molar-refractivity contribution < 1.29 is 18.3 Å². The summed E-state index contributed by atoms with van der Waals surface area (Å²) in [4.78, 5) is 11.2. The van der Waals surface area contributed by atoms with E-state index in [2.05, 4.69) is 0 Å². The number of esters is 1. The lowest BCUT2D eigenvalue weighted by Crippen LogP contribution is -2.28. The van der Waals surface area contributed by atoms with E-state index in [1.54, 1.807) is 6.92 Å². The molecule has 3 atom stereocenters. The Morgan fingerprint density at radius 2 is 1.86 bits per heavy atom. The summed E-state index contributed by atoms with van der Waals surface area (Å²) in [6, 6.07) is 0. The van der Waals surface area contributed by atoms with Crippen LogP contribution in [-0.4, -0.2) is 26.1 Å². The molecule has 0 aromatic rings. The zero-order chi connectivity index (χ0) is 11.3. The largest absolute Gasteiger partial charge is 0.462 e. The Labute approximate surface area is 87.3 Å². The molecule has 0 spiro atoms. The summed E-state index contributed by atoms with van der Waals surface area (Å²) in [6.45, 7) is 7.21. The third-order valence-electron chi connectivity index (χ3n) is 1.76. The number of carbonyl (C=O) groups is 1. The first-order chi connectivity index (χ1) is 6.34. The first-order valence-corrected chi connectivity index (χ1v) is 5.81. The number of carbonyl (C=O) groups excluding carboxylic acids is 1. The quantitative estimate of drug-likeness (QED) is 0.566. The van der Waals surface area contributed by atoms with Crippen LogP contribution < -0.4 is 0 Å². The minimum absolute atomic E-state index is 0.200. The van der Waals surface area contributed by atoms with Gasteiger partial charge in [0.1, 0.15) is 0 Å². The smallest absolute Gasteiger partial charge is 0.324 e. The van der Waals surface area contributed by atoms with Crippen LogP contribution >= 0.6 is 0 Å². The van der Waals surface area contributed by atoms with Gasteiger partial charge in [-0.1, -0.05) is 13.8 Å². The van der Waals surface area contributed by atoms with Crippen molar-refractivity contribution in [1.82, 2.24) is 0 Å². The molecule has 0 amide bonds. The van der Waals surface area contributed by atoms with Gasteiger partial charge in [0.25, 0.3) is 0 Å². The van der Waals surface area contributed by atoms with E-state index in [-0.39, 0.29) is 6.10 Å². The van der Waals surface area contributed by atoms with E-state index >= 15 is 0 Å². The first-order valence-electron chi connectivity index (χ1n) is 4.64. The molecule has 0 aliphatic rings. The zero-order valence-electron chi connectivity index (χ0n) is 9.02. The van der Waals surface area contributed by atoms with E-state index in [1.807, 2.05) is 13.8 Å². The van der Waals surface area contributed by atoms with Crippen LogP contribution in [0.25, 0.3) is 0 Å². The summed E-state index contributed by atoms with van der Waals surface area (Å²) in [5, 5.41) is -0.968. The zero-order valence-corrected chi connectivity index (χ0v) is 9.84. The van der Waals surface area contributed by atoms with Gasteiger partial charge in [0.05, 0.1) is 6.10 Å². The lowest BCUT2D eigenvalue weighted by molar-refractivity contribution is -0.147. The molecule has 4 nitrogen and oxygen atoms in total. The number of hydrogen-bond donors (Lipinski definition) is 1. The lowest BCUT2D eigenvalue weighted by Gasteiger charge is -2.16. The van der Waals surface area contributed by atoms with Crippen molar-refractivity contribution in [3.8, 4) is 0 Å². The molecule has 3 unspecified atom stereocenters. The van der Waals surface area contributed by atoms with Gasteiger partial charge in [-0.2, -0.15) is 0 Å². The third-order valence-corrected chi connectivity index (χ3v) is 2.55. The molecule has 0 fully saturated rings. The minimum Gasteiger partial charge on any atom is -0.462 e. The predicted molar refractivity (Wildman–Crippen MR) is 55.2 cm³/mol. The van der Waals surface area contributed by atoms with Crippen molar-refractivity contribution in [3.63, 3.8) is 0 Å². The highest BCUT2D eigenvalue weighted by molar-refractivity contribution is 7.80. The fourth-order valence-electron chi connectivity index (χ4n) is 1.09. The summed E-state index contributed by atoms with van der Waals surface area (Å²) >= 11 is -2.14. The van der Waals surface area contributed by atoms with Crippen molar-refractivity contribution in [3.05, 3.63) is 0 Å². The standard InChI is InChI=1S/C9H18O4S/c1-6(2)5-7(3)13-9(10)8(4)14(11)12/h6-8H,5H2,1-4H3,(H,11,12). The number of ether oxygens (including phenoxy) is 1. The van der Waals surface area contributed by atoms with E-state index in [4.69, 9.17) is 9.29 Å². The average molecular weight is 222 g/mol. The predicted octanol–water partition coefficient (Wildman–Crippen LogP) is 1.57. The van der Waals surface area contributed by atoms with Crippen LogP contribution in [0.1, 0.15) is 34.1 Å². The molecular formula is C9H18O4S. The maximum atomic E-state index is 11.2. The molecule has 0 aromatic carbocycles. The van der Waals surface area contributed by atoms with Crippen LogP contribution in [0.4, 0.5) is 0 Å². The lowest BCUT2D eigenvalue weighted by atomic mass is 10.1. The summed E-state index contributed by atoms with van der Waals surface area (Å²) in [5.41, 5.74) is 0. The molecule has 14 heavy (non-hydrogen) atoms. The van der Waals surface area contributed by atoms with Crippen molar-refractivity contribution in [2.24, 2.45) is 5.92 Å². The third kappa shape index (κ3) is 5.34. The first kappa shape index (κ1) is 13.6. The molecule has 0 saturated carbocycles. The van der Waals surface area contributed by atoms with E-state index in [0.29, 0.717) is 5.92 Å². The highest BCUT2D eigenvalue weighted by Gasteiger charge is 2.22. The number of hydrogen-bond acceptors (Lipinski definition) is 3. The Hall–Kier alpha value is -0.420. The maximum Gasteiger partial charge on any atom is 0.324 e. The molecule has 0 bridgehead atoms. The van der Waals surface area contributed by atoms with Crippen molar-refractivity contribution in [1.29, 1.82) is 0 Å². The van der Waals surface area contributed by atoms with Gasteiger partial charge in [-0.3, -0.25) is 4.79 Å². The van der Waals surface area contributed by atoms with Gasteiger partial charge >= 0.3 is 5.97 Å². The average Bonchev–Trinajstić information content (AvgIpc) is 2.00. The van der Waals surface area contributed by atoms with Gasteiger partial charge in [0.15, 0.2) is 16.3 Å². The second kappa shape index (κ2) is 6.14. The van der Waals surface area contributed by atoms with E-state index in [9.17, 15) is 9.00 Å². The van der Waals surface area contributed by atoms with Crippen LogP contribution in [0.15, 0.2) is 0 Å². The second-order valence-electron chi connectivity index (χ2n) is 3.80. The Morgan fingerprint density at radius 3 is 2.21 bits per heavy atom. The van der Waals surface area contributed by atoms with E-state index in [0.717, 1.165) is 6.42 Å². The van der Waals surface area contributed by atoms with Crippen LogP contribution in [0, 0.1) is 5.92 Å². The molecule has 0 radical (unpaired) electrons. The molecule has 0 rings (SSSR count). The van der Waals surface area contributed by atoms with E-state index in [1.165, 1.54) is 6.92 Å². The molecule has 1 N–H and O–H groups in total. The molecule has 0 aliphatic carbocycles. The van der Waals surface area contributed by atoms with Gasteiger partial charge in [-0.25, -0.2) is 4.21 Å². The minimum atomic E-state index is -2.14. The topological polar surface area (TPSA) is 63.6 Å². The Balaban J connectivity index is 3.99. The molecule has 84 valence electrons. The fourth-order valence-corrected chi connectivity index (χ4v) is 1.31. The van der Waals surface area contributed by atoms with Crippen molar-refractivity contribution in [2.45, 2.75) is 45.5 Å². The molecule has 0 aliphatic heterocycles. The van der Waals surface area contributed by atoms with Crippen molar-refractivity contribution in [2.75, 3.05) is 0 Å². The second-order valence-corrected chi connectivity index (χ2v) is 5.05. The molecular weight excluding hydrogens is 204 g/mol. The van der Waals surface area contributed by atoms with Gasteiger partial charge in [0, 0.05) is 0 Å². The summed E-state index contributed by atoms with van der Waals surface area (Å²) in [7, 11) is 0. The van der Waals surface area contributed by atoms with Gasteiger partial charge in [0.2, 0.25) is 0 Å². The monoisotopic (exact) mass is 222 g/mol. The normalized spacial score (nSPS) is 17.6. The van der Waals surface area contributed by atoms with Gasteiger partial charge < -0.3 is 9.29 Å². The molecule has 0 saturated heterocycles. The van der Waals surface area contributed by atoms with Crippen LogP contribution in [0.5, 0.6) is 0 Å². The fraction of sp³-hybridized carbons (Fsp3) is 0.889. The SMILES string of the molecule is CC(C)CC(C)OC(=O)C(C)S(=O)O. The summed E-state index contributed by atoms with van der Waals surface area (Å²) in [5.74, 6) is -0.174. The highest BCUT2D eigenvalue weighted by Crippen LogP contribution is 2.09. The van der Waals surface area contributed by atoms with E-state index < -0.39 is 22.3 Å². The molecule has 0 aromatic heterocycles. The van der Waals surface area contributed by atoms with Gasteiger partial charge in [-0.05, 0) is 26.2 Å². The summed E-state index contributed by atoms with van der Waals surface area (Å²) in [6.07, 6.45) is 0.560. The van der Waals surface area contributed by atoms with Crippen LogP contribution in [0.3, 0.4) is 0 Å². The van der Waals surface area contributed by atoms with Crippen molar-refractivity contribution >= 4 is 17.0 Å². The Kier molecular flexibility index (Phi) is 5.95. The van der Waals surface area contributed by atoms with Crippen LogP contribution in [-0.2, 0) is 20.6 Å². The Bertz CT molecular complexity index is 215. The molecule has 5 heteroatoms. The highest BCUT2D eigenvalue weighted by atomic mass is 32.2.